The molecule has 0 aromatic heterocycles. The molecule has 0 N–H and O–H groups in total. The molecule has 0 radical (unpaired) electrons. The molecule has 0 fully saturated rings. The van der Waals surface area contributed by atoms with Gasteiger partial charge in [-0.2, -0.15) is 0 Å². The summed E-state index contributed by atoms with van der Waals surface area (Å²) in [5.74, 6) is -0.326. The van der Waals surface area contributed by atoms with E-state index in [9.17, 15) is 9.59 Å². The van der Waals surface area contributed by atoms with Crippen molar-refractivity contribution in [1.82, 2.24) is 0 Å². The Balaban J connectivity index is 2.63. The number of hydrogen-bond acceptors (Lipinski definition) is 4. The van der Waals surface area contributed by atoms with Gasteiger partial charge in [-0.05, 0) is 35.4 Å². The Hall–Kier alpha value is -2.62. The molecule has 4 nitrogen and oxygen atoms in total. The van der Waals surface area contributed by atoms with E-state index in [-0.39, 0.29) is 23.2 Å². The molecule has 0 amide bonds. The van der Waals surface area contributed by atoms with Crippen LogP contribution in [0.3, 0.4) is 0 Å². The summed E-state index contributed by atoms with van der Waals surface area (Å²) in [6.07, 6.45) is 0.0538. The topological polar surface area (TPSA) is 52.6 Å². The molecule has 0 aliphatic rings. The normalized spacial score (nSPS) is 11.8. The number of carbonyl (C=O) groups excluding carboxylic acids is 2. The van der Waals surface area contributed by atoms with Gasteiger partial charge < -0.3 is 9.47 Å². The van der Waals surface area contributed by atoms with Gasteiger partial charge in [0.05, 0.1) is 18.6 Å². The van der Waals surface area contributed by atoms with Crippen LogP contribution in [-0.2, 0) is 26.8 Å². The highest BCUT2D eigenvalue weighted by atomic mass is 16.5. The zero-order chi connectivity index (χ0) is 21.8. The zero-order valence-corrected chi connectivity index (χ0v) is 18.6. The lowest BCUT2D eigenvalue weighted by molar-refractivity contribution is -0.142. The van der Waals surface area contributed by atoms with E-state index in [2.05, 4.69) is 47.6 Å². The van der Waals surface area contributed by atoms with Crippen LogP contribution >= 0.6 is 0 Å². The molecule has 0 spiro atoms. The third kappa shape index (κ3) is 5.93. The van der Waals surface area contributed by atoms with E-state index in [0.29, 0.717) is 23.5 Å². The molecule has 156 valence electrons. The fraction of sp³-hybridized carbons (Fsp3) is 0.440. The Morgan fingerprint density at radius 1 is 0.897 bits per heavy atom. The number of rotatable bonds is 5. The average Bonchev–Trinajstić information content (AvgIpc) is 2.62. The number of ether oxygens (including phenoxy) is 2. The van der Waals surface area contributed by atoms with Crippen molar-refractivity contribution in [2.24, 2.45) is 0 Å². The summed E-state index contributed by atoms with van der Waals surface area (Å²) in [5, 5.41) is 0. The van der Waals surface area contributed by atoms with E-state index in [4.69, 9.17) is 9.47 Å². The van der Waals surface area contributed by atoms with Crippen LogP contribution in [0.25, 0.3) is 0 Å². The summed E-state index contributed by atoms with van der Waals surface area (Å²) >= 11 is 0. The highest BCUT2D eigenvalue weighted by Gasteiger charge is 2.28. The van der Waals surface area contributed by atoms with Gasteiger partial charge in [0.2, 0.25) is 0 Å². The van der Waals surface area contributed by atoms with Crippen molar-refractivity contribution >= 4 is 11.9 Å². The van der Waals surface area contributed by atoms with Crippen molar-refractivity contribution in [3.63, 3.8) is 0 Å². The molecule has 29 heavy (non-hydrogen) atoms. The standard InChI is InChI=1S/C25H32O4/c1-8-28-21(26)15-18-14-19(24(2,3)4)16-20(25(5,6)7)22(18)29-23(27)17-12-10-9-11-13-17/h9-14,16H,8,15H2,1-7H3. The van der Waals surface area contributed by atoms with Gasteiger partial charge in [-0.1, -0.05) is 71.9 Å². The van der Waals surface area contributed by atoms with Crippen LogP contribution in [0.15, 0.2) is 42.5 Å². The lowest BCUT2D eigenvalue weighted by Crippen LogP contribution is -2.22. The Morgan fingerprint density at radius 3 is 2.03 bits per heavy atom. The molecule has 0 atom stereocenters. The van der Waals surface area contributed by atoms with E-state index in [1.807, 2.05) is 12.1 Å². The molecule has 2 rings (SSSR count). The third-order valence-electron chi connectivity index (χ3n) is 4.68. The van der Waals surface area contributed by atoms with Crippen LogP contribution < -0.4 is 4.74 Å². The minimum atomic E-state index is -0.440. The van der Waals surface area contributed by atoms with Crippen LogP contribution in [0.2, 0.25) is 0 Å². The molecule has 0 saturated carbocycles. The highest BCUT2D eigenvalue weighted by molar-refractivity contribution is 5.91. The molecule has 0 unspecified atom stereocenters. The van der Waals surface area contributed by atoms with Crippen molar-refractivity contribution in [3.8, 4) is 5.75 Å². The third-order valence-corrected chi connectivity index (χ3v) is 4.68. The van der Waals surface area contributed by atoms with Gasteiger partial charge in [-0.25, -0.2) is 4.79 Å². The highest BCUT2D eigenvalue weighted by Crippen LogP contribution is 2.39. The van der Waals surface area contributed by atoms with Crippen molar-refractivity contribution in [1.29, 1.82) is 0 Å². The molecule has 0 aliphatic heterocycles. The first-order valence-corrected chi connectivity index (χ1v) is 10.0. The van der Waals surface area contributed by atoms with Crippen LogP contribution in [0, 0.1) is 0 Å². The molecule has 4 heteroatoms. The molecule has 2 aromatic carbocycles. The largest absolute Gasteiger partial charge is 0.466 e. The van der Waals surface area contributed by atoms with Crippen LogP contribution in [0.1, 0.15) is 75.5 Å². The van der Waals surface area contributed by atoms with E-state index in [1.54, 1.807) is 31.2 Å². The van der Waals surface area contributed by atoms with Crippen molar-refractivity contribution in [3.05, 3.63) is 64.7 Å². The van der Waals surface area contributed by atoms with Gasteiger partial charge in [0, 0.05) is 11.1 Å². The van der Waals surface area contributed by atoms with Gasteiger partial charge in [-0.3, -0.25) is 4.79 Å². The summed E-state index contributed by atoms with van der Waals surface area (Å²) in [6, 6.07) is 12.9. The lowest BCUT2D eigenvalue weighted by atomic mass is 9.78. The Kier molecular flexibility index (Phi) is 6.89. The summed E-state index contributed by atoms with van der Waals surface area (Å²) < 4.78 is 11.1. The van der Waals surface area contributed by atoms with Gasteiger partial charge in [0.15, 0.2) is 0 Å². The number of hydrogen-bond donors (Lipinski definition) is 0. The van der Waals surface area contributed by atoms with E-state index in [1.165, 1.54) is 0 Å². The predicted molar refractivity (Wildman–Crippen MR) is 116 cm³/mol. The fourth-order valence-corrected chi connectivity index (χ4v) is 3.02. The summed E-state index contributed by atoms with van der Waals surface area (Å²) in [4.78, 5) is 25.1. The van der Waals surface area contributed by atoms with Crippen LogP contribution in [-0.4, -0.2) is 18.5 Å². The Labute approximate surface area is 174 Å². The minimum absolute atomic E-state index is 0.0538. The quantitative estimate of drug-likeness (QED) is 0.487. The van der Waals surface area contributed by atoms with Gasteiger partial charge in [0.1, 0.15) is 5.75 Å². The molecule has 0 heterocycles. The first-order chi connectivity index (χ1) is 13.4. The maximum Gasteiger partial charge on any atom is 0.343 e. The van der Waals surface area contributed by atoms with Crippen molar-refractivity contribution < 1.29 is 19.1 Å². The van der Waals surface area contributed by atoms with Gasteiger partial charge in [-0.15, -0.1) is 0 Å². The second-order valence-corrected chi connectivity index (χ2v) is 9.25. The number of carbonyl (C=O) groups is 2. The molecular formula is C25H32O4. The molecule has 0 aliphatic carbocycles. The summed E-state index contributed by atoms with van der Waals surface area (Å²) in [5.41, 5.74) is 2.72. The molecular weight excluding hydrogens is 364 g/mol. The number of esters is 2. The molecule has 0 bridgehead atoms. The number of benzene rings is 2. The monoisotopic (exact) mass is 396 g/mol. The molecule has 0 saturated heterocycles. The maximum absolute atomic E-state index is 12.8. The average molecular weight is 397 g/mol. The summed E-state index contributed by atoms with van der Waals surface area (Å²) in [7, 11) is 0. The Morgan fingerprint density at radius 2 is 1.52 bits per heavy atom. The van der Waals surface area contributed by atoms with Crippen molar-refractivity contribution in [2.45, 2.75) is 65.7 Å². The van der Waals surface area contributed by atoms with E-state index < -0.39 is 5.97 Å². The van der Waals surface area contributed by atoms with Gasteiger partial charge >= 0.3 is 11.9 Å². The van der Waals surface area contributed by atoms with E-state index >= 15 is 0 Å². The zero-order valence-electron chi connectivity index (χ0n) is 18.6. The first kappa shape index (κ1) is 22.7. The van der Waals surface area contributed by atoms with Crippen molar-refractivity contribution in [2.75, 3.05) is 6.61 Å². The Bertz CT molecular complexity index is 868. The second-order valence-electron chi connectivity index (χ2n) is 9.25. The van der Waals surface area contributed by atoms with E-state index in [0.717, 1.165) is 11.1 Å². The predicted octanol–water partition coefficient (Wildman–Crippen LogP) is 5.61. The first-order valence-electron chi connectivity index (χ1n) is 10.0. The smallest absolute Gasteiger partial charge is 0.343 e. The lowest BCUT2D eigenvalue weighted by Gasteiger charge is -2.29. The SMILES string of the molecule is CCOC(=O)Cc1cc(C(C)(C)C)cc(C(C)(C)C)c1OC(=O)c1ccccc1. The second kappa shape index (κ2) is 8.81. The minimum Gasteiger partial charge on any atom is -0.466 e. The van der Waals surface area contributed by atoms with Crippen LogP contribution in [0.4, 0.5) is 0 Å². The molecule has 2 aromatic rings. The summed E-state index contributed by atoms with van der Waals surface area (Å²) in [6.45, 7) is 14.7. The fourth-order valence-electron chi connectivity index (χ4n) is 3.02. The van der Waals surface area contributed by atoms with Crippen LogP contribution in [0.5, 0.6) is 5.75 Å². The maximum atomic E-state index is 12.8. The van der Waals surface area contributed by atoms with Gasteiger partial charge in [0.25, 0.3) is 0 Å².